The monoisotopic (exact) mass is 215 g/mol. The molecule has 0 radical (unpaired) electrons. The lowest BCUT2D eigenvalue weighted by molar-refractivity contribution is 0.606. The summed E-state index contributed by atoms with van der Waals surface area (Å²) in [4.78, 5) is 2.21. The van der Waals surface area contributed by atoms with Crippen molar-refractivity contribution in [3.05, 3.63) is 29.3 Å². The van der Waals surface area contributed by atoms with Crippen molar-refractivity contribution in [1.29, 1.82) is 5.26 Å². The molecule has 0 aliphatic carbocycles. The van der Waals surface area contributed by atoms with Gasteiger partial charge in [-0.1, -0.05) is 12.1 Å². The van der Waals surface area contributed by atoms with Crippen LogP contribution in [0.4, 0.5) is 5.69 Å². The Balaban J connectivity index is 2.28. The number of hydrogen-bond donors (Lipinski definition) is 1. The van der Waals surface area contributed by atoms with Gasteiger partial charge in [-0.05, 0) is 37.5 Å². The summed E-state index contributed by atoms with van der Waals surface area (Å²) in [6, 6.07) is 8.47. The second kappa shape index (κ2) is 3.80. The molecule has 0 amide bonds. The van der Waals surface area contributed by atoms with Gasteiger partial charge in [0.05, 0.1) is 6.07 Å². The van der Waals surface area contributed by atoms with Crippen LogP contribution >= 0.6 is 0 Å². The maximum Gasteiger partial charge on any atom is 0.123 e. The normalized spacial score (nSPS) is 24.5. The van der Waals surface area contributed by atoms with Crippen molar-refractivity contribution in [2.24, 2.45) is 5.73 Å². The Labute approximate surface area is 96.5 Å². The number of anilines is 1. The molecule has 16 heavy (non-hydrogen) atoms. The molecule has 1 fully saturated rings. The van der Waals surface area contributed by atoms with Crippen molar-refractivity contribution in [1.82, 2.24) is 0 Å². The highest BCUT2D eigenvalue weighted by Crippen LogP contribution is 2.28. The van der Waals surface area contributed by atoms with Gasteiger partial charge in [0.1, 0.15) is 5.54 Å². The molecule has 1 aliphatic heterocycles. The molecule has 1 unspecified atom stereocenters. The van der Waals surface area contributed by atoms with Crippen LogP contribution in [-0.2, 0) is 0 Å². The standard InChI is InChI=1S/C13H17N3/c1-10-4-3-5-12(11(10)2)16-7-6-13(15,8-14)9-16/h3-5H,6-7,9,15H2,1-2H3. The Hall–Kier alpha value is -1.53. The second-order valence-electron chi connectivity index (χ2n) is 4.66. The number of rotatable bonds is 1. The minimum atomic E-state index is -0.670. The molecule has 1 saturated heterocycles. The zero-order chi connectivity index (χ0) is 11.8. The van der Waals surface area contributed by atoms with E-state index in [0.29, 0.717) is 6.54 Å². The molecule has 1 aromatic rings. The fourth-order valence-corrected chi connectivity index (χ4v) is 2.21. The number of benzene rings is 1. The van der Waals surface area contributed by atoms with E-state index in [-0.39, 0.29) is 0 Å². The molecule has 1 atom stereocenters. The number of aryl methyl sites for hydroxylation is 1. The number of hydrogen-bond acceptors (Lipinski definition) is 3. The summed E-state index contributed by atoms with van der Waals surface area (Å²) in [7, 11) is 0. The van der Waals surface area contributed by atoms with Gasteiger partial charge in [0, 0.05) is 18.8 Å². The van der Waals surface area contributed by atoms with Gasteiger partial charge in [0.15, 0.2) is 0 Å². The maximum atomic E-state index is 9.01. The molecule has 0 spiro atoms. The van der Waals surface area contributed by atoms with E-state index in [0.717, 1.165) is 13.0 Å². The number of nitriles is 1. The molecule has 1 aliphatic rings. The summed E-state index contributed by atoms with van der Waals surface area (Å²) < 4.78 is 0. The van der Waals surface area contributed by atoms with Gasteiger partial charge in [-0.25, -0.2) is 0 Å². The van der Waals surface area contributed by atoms with Crippen molar-refractivity contribution in [2.45, 2.75) is 25.8 Å². The molecular weight excluding hydrogens is 198 g/mol. The summed E-state index contributed by atoms with van der Waals surface area (Å²) in [5.41, 5.74) is 9.08. The predicted octanol–water partition coefficient (Wildman–Crippen LogP) is 1.73. The first-order valence-electron chi connectivity index (χ1n) is 5.57. The summed E-state index contributed by atoms with van der Waals surface area (Å²) in [6.45, 7) is 5.73. The highest BCUT2D eigenvalue weighted by Gasteiger charge is 2.35. The van der Waals surface area contributed by atoms with Crippen LogP contribution in [0.25, 0.3) is 0 Å². The Kier molecular flexibility index (Phi) is 2.61. The third kappa shape index (κ3) is 1.77. The summed E-state index contributed by atoms with van der Waals surface area (Å²) >= 11 is 0. The predicted molar refractivity (Wildman–Crippen MR) is 65.3 cm³/mol. The largest absolute Gasteiger partial charge is 0.368 e. The topological polar surface area (TPSA) is 53.0 Å². The van der Waals surface area contributed by atoms with Gasteiger partial charge >= 0.3 is 0 Å². The summed E-state index contributed by atoms with van der Waals surface area (Å²) in [5, 5.41) is 9.01. The fraction of sp³-hybridized carbons (Fsp3) is 0.462. The number of nitrogens with zero attached hydrogens (tertiary/aromatic N) is 2. The third-order valence-electron chi connectivity index (χ3n) is 3.44. The van der Waals surface area contributed by atoms with E-state index in [9.17, 15) is 0 Å². The van der Waals surface area contributed by atoms with Gasteiger partial charge in [0.25, 0.3) is 0 Å². The molecule has 3 nitrogen and oxygen atoms in total. The lowest BCUT2D eigenvalue weighted by Gasteiger charge is -2.22. The number of nitrogens with two attached hydrogens (primary N) is 1. The average Bonchev–Trinajstić information content (AvgIpc) is 2.66. The van der Waals surface area contributed by atoms with Crippen LogP contribution in [0.2, 0.25) is 0 Å². The van der Waals surface area contributed by atoms with Gasteiger partial charge in [-0.3, -0.25) is 0 Å². The molecule has 1 aromatic carbocycles. The summed E-state index contributed by atoms with van der Waals surface area (Å²) in [6.07, 6.45) is 0.747. The minimum absolute atomic E-state index is 0.633. The van der Waals surface area contributed by atoms with Gasteiger partial charge in [0.2, 0.25) is 0 Å². The minimum Gasteiger partial charge on any atom is -0.368 e. The Morgan fingerprint density at radius 1 is 1.44 bits per heavy atom. The highest BCUT2D eigenvalue weighted by molar-refractivity contribution is 5.57. The van der Waals surface area contributed by atoms with Crippen molar-refractivity contribution >= 4 is 5.69 Å². The van der Waals surface area contributed by atoms with Crippen molar-refractivity contribution in [3.8, 4) is 6.07 Å². The Morgan fingerprint density at radius 2 is 2.19 bits per heavy atom. The SMILES string of the molecule is Cc1cccc(N2CCC(N)(C#N)C2)c1C. The first-order chi connectivity index (χ1) is 7.56. The lowest BCUT2D eigenvalue weighted by Crippen LogP contribution is -2.41. The van der Waals surface area contributed by atoms with E-state index in [1.165, 1.54) is 16.8 Å². The van der Waals surface area contributed by atoms with Crippen molar-refractivity contribution < 1.29 is 0 Å². The van der Waals surface area contributed by atoms with Gasteiger partial charge in [-0.15, -0.1) is 0 Å². The molecule has 2 rings (SSSR count). The van der Waals surface area contributed by atoms with E-state index >= 15 is 0 Å². The van der Waals surface area contributed by atoms with E-state index in [4.69, 9.17) is 11.0 Å². The van der Waals surface area contributed by atoms with Crippen LogP contribution in [0.3, 0.4) is 0 Å². The van der Waals surface area contributed by atoms with E-state index in [1.807, 2.05) is 0 Å². The molecule has 0 aromatic heterocycles. The van der Waals surface area contributed by atoms with Crippen LogP contribution in [0.5, 0.6) is 0 Å². The quantitative estimate of drug-likeness (QED) is 0.776. The summed E-state index contributed by atoms with van der Waals surface area (Å²) in [5.74, 6) is 0. The zero-order valence-corrected chi connectivity index (χ0v) is 9.83. The molecule has 84 valence electrons. The Bertz CT molecular complexity index is 447. The fourth-order valence-electron chi connectivity index (χ4n) is 2.21. The first kappa shape index (κ1) is 11.0. The van der Waals surface area contributed by atoms with E-state index in [2.05, 4.69) is 43.0 Å². The molecule has 0 saturated carbocycles. The molecule has 2 N–H and O–H groups in total. The highest BCUT2D eigenvalue weighted by atomic mass is 15.2. The molecule has 3 heteroatoms. The molecular formula is C13H17N3. The smallest absolute Gasteiger partial charge is 0.123 e. The Morgan fingerprint density at radius 3 is 2.81 bits per heavy atom. The van der Waals surface area contributed by atoms with Gasteiger partial charge < -0.3 is 10.6 Å². The zero-order valence-electron chi connectivity index (χ0n) is 9.83. The van der Waals surface area contributed by atoms with E-state index in [1.54, 1.807) is 0 Å². The molecule has 0 bridgehead atoms. The van der Waals surface area contributed by atoms with Crippen LogP contribution in [-0.4, -0.2) is 18.6 Å². The third-order valence-corrected chi connectivity index (χ3v) is 3.44. The van der Waals surface area contributed by atoms with E-state index < -0.39 is 5.54 Å². The van der Waals surface area contributed by atoms with Crippen LogP contribution < -0.4 is 10.6 Å². The molecule has 1 heterocycles. The second-order valence-corrected chi connectivity index (χ2v) is 4.66. The lowest BCUT2D eigenvalue weighted by atomic mass is 10.0. The van der Waals surface area contributed by atoms with Crippen LogP contribution in [0.15, 0.2) is 18.2 Å². The average molecular weight is 215 g/mol. The van der Waals surface area contributed by atoms with Crippen molar-refractivity contribution in [2.75, 3.05) is 18.0 Å². The van der Waals surface area contributed by atoms with Crippen molar-refractivity contribution in [3.63, 3.8) is 0 Å². The maximum absolute atomic E-state index is 9.01. The van der Waals surface area contributed by atoms with Gasteiger partial charge in [-0.2, -0.15) is 5.26 Å². The first-order valence-corrected chi connectivity index (χ1v) is 5.57. The van der Waals surface area contributed by atoms with Crippen LogP contribution in [0, 0.1) is 25.2 Å². The van der Waals surface area contributed by atoms with Crippen LogP contribution in [0.1, 0.15) is 17.5 Å².